The molecule has 0 aromatic rings. The van der Waals surface area contributed by atoms with Crippen LogP contribution in [0.5, 0.6) is 0 Å². The van der Waals surface area contributed by atoms with E-state index in [0.717, 1.165) is 0 Å². The van der Waals surface area contributed by atoms with Gasteiger partial charge in [0, 0.05) is 6.54 Å². The van der Waals surface area contributed by atoms with Crippen molar-refractivity contribution in [1.82, 2.24) is 0 Å². The van der Waals surface area contributed by atoms with Crippen molar-refractivity contribution in [2.24, 2.45) is 5.73 Å². The Morgan fingerprint density at radius 3 is 2.50 bits per heavy atom. The highest BCUT2D eigenvalue weighted by atomic mass is 19.3. The molecule has 4 heteroatoms. The molecule has 0 aliphatic heterocycles. The van der Waals surface area contributed by atoms with Gasteiger partial charge in [0.1, 0.15) is 6.61 Å². The van der Waals surface area contributed by atoms with E-state index in [-0.39, 0.29) is 6.61 Å². The van der Waals surface area contributed by atoms with Crippen molar-refractivity contribution in [2.45, 2.75) is 6.43 Å². The number of halogens is 2. The summed E-state index contributed by atoms with van der Waals surface area (Å²) < 4.78 is 26.8. The van der Waals surface area contributed by atoms with Gasteiger partial charge in [0.15, 0.2) is 0 Å². The maximum absolute atomic E-state index is 11.2. The Morgan fingerprint density at radius 1 is 1.50 bits per heavy atom. The topological polar surface area (TPSA) is 35.2 Å². The molecule has 0 atom stereocenters. The Bertz CT molecular complexity index is 51.3. The van der Waals surface area contributed by atoms with E-state index in [1.165, 1.54) is 0 Å². The van der Waals surface area contributed by atoms with E-state index in [1.807, 2.05) is 0 Å². The van der Waals surface area contributed by atoms with E-state index >= 15 is 0 Å². The van der Waals surface area contributed by atoms with E-state index in [1.54, 1.807) is 0 Å². The minimum Gasteiger partial charge on any atom is -0.374 e. The van der Waals surface area contributed by atoms with E-state index in [2.05, 4.69) is 4.74 Å². The summed E-state index contributed by atoms with van der Waals surface area (Å²) in [6.45, 7) is 0.00819. The van der Waals surface area contributed by atoms with Crippen LogP contribution in [0.1, 0.15) is 0 Å². The summed E-state index contributed by atoms with van der Waals surface area (Å²) in [6.07, 6.45) is -2.37. The summed E-state index contributed by atoms with van der Waals surface area (Å²) in [5, 5.41) is 0. The van der Waals surface area contributed by atoms with E-state index in [4.69, 9.17) is 5.73 Å². The highest BCUT2D eigenvalue weighted by molar-refractivity contribution is 4.34. The van der Waals surface area contributed by atoms with Crippen molar-refractivity contribution in [2.75, 3.05) is 19.8 Å². The van der Waals surface area contributed by atoms with Crippen LogP contribution in [0.15, 0.2) is 0 Å². The van der Waals surface area contributed by atoms with Crippen LogP contribution >= 0.6 is 0 Å². The smallest absolute Gasteiger partial charge is 0.261 e. The average Bonchev–Trinajstić information content (AvgIpc) is 1.66. The third kappa shape index (κ3) is 5.78. The highest BCUT2D eigenvalue weighted by Crippen LogP contribution is 1.90. The van der Waals surface area contributed by atoms with Crippen molar-refractivity contribution in [1.29, 1.82) is 0 Å². The predicted octanol–water partition coefficient (Wildman–Crippen LogP) is 0.227. The lowest BCUT2D eigenvalue weighted by molar-refractivity contribution is 0.0206. The maximum Gasteiger partial charge on any atom is 0.261 e. The highest BCUT2D eigenvalue weighted by Gasteiger charge is 1.99. The van der Waals surface area contributed by atoms with E-state index in [0.29, 0.717) is 6.54 Å². The second kappa shape index (κ2) is 4.93. The molecule has 0 fully saturated rings. The minimum absolute atomic E-state index is 0.213. The zero-order valence-electron chi connectivity index (χ0n) is 4.44. The molecule has 0 unspecified atom stereocenters. The normalized spacial score (nSPS) is 10.5. The fraction of sp³-hybridized carbons (Fsp3) is 1.00. The van der Waals surface area contributed by atoms with Gasteiger partial charge in [-0.25, -0.2) is 8.78 Å². The molecule has 0 saturated carbocycles. The van der Waals surface area contributed by atoms with Crippen molar-refractivity contribution in [3.8, 4) is 0 Å². The Balaban J connectivity index is 2.72. The van der Waals surface area contributed by atoms with Crippen LogP contribution in [0.4, 0.5) is 8.78 Å². The van der Waals surface area contributed by atoms with Crippen LogP contribution in [-0.4, -0.2) is 26.2 Å². The molecule has 2 nitrogen and oxygen atoms in total. The van der Waals surface area contributed by atoms with Gasteiger partial charge in [0.05, 0.1) is 6.61 Å². The summed E-state index contributed by atoms with van der Waals surface area (Å²) in [7, 11) is 0. The van der Waals surface area contributed by atoms with Gasteiger partial charge < -0.3 is 10.5 Å². The molecule has 0 bridgehead atoms. The monoisotopic (exact) mass is 125 g/mol. The molecule has 0 heterocycles. The number of alkyl halides is 2. The second-order valence-corrected chi connectivity index (χ2v) is 1.25. The number of nitrogens with two attached hydrogens (primary N) is 1. The van der Waals surface area contributed by atoms with Gasteiger partial charge in [0.25, 0.3) is 6.43 Å². The molecule has 0 aliphatic rings. The summed E-state index contributed by atoms with van der Waals surface area (Å²) in [4.78, 5) is 0. The first-order valence-corrected chi connectivity index (χ1v) is 2.33. The van der Waals surface area contributed by atoms with Crippen molar-refractivity contribution >= 4 is 0 Å². The Hall–Kier alpha value is -0.220. The average molecular weight is 125 g/mol. The molecule has 8 heavy (non-hydrogen) atoms. The molecular weight excluding hydrogens is 116 g/mol. The third-order valence-electron chi connectivity index (χ3n) is 0.506. The van der Waals surface area contributed by atoms with Gasteiger partial charge in [-0.3, -0.25) is 0 Å². The van der Waals surface area contributed by atoms with Crippen LogP contribution < -0.4 is 5.73 Å². The van der Waals surface area contributed by atoms with Crippen LogP contribution in [-0.2, 0) is 4.74 Å². The summed E-state index contributed by atoms with van der Waals surface area (Å²) >= 11 is 0. The van der Waals surface area contributed by atoms with Crippen molar-refractivity contribution in [3.05, 3.63) is 0 Å². The standard InChI is InChI=1S/C4H9F2NO/c5-4(6)3-8-2-1-7/h4H,1-3,7H2. The lowest BCUT2D eigenvalue weighted by Gasteiger charge is -1.98. The van der Waals surface area contributed by atoms with Crippen molar-refractivity contribution in [3.63, 3.8) is 0 Å². The molecular formula is C4H9F2NO. The van der Waals surface area contributed by atoms with Crippen LogP contribution in [0.2, 0.25) is 0 Å². The van der Waals surface area contributed by atoms with Crippen LogP contribution in [0.3, 0.4) is 0 Å². The molecule has 0 aliphatic carbocycles. The minimum atomic E-state index is -2.37. The Labute approximate surface area is 46.6 Å². The maximum atomic E-state index is 11.2. The van der Waals surface area contributed by atoms with Gasteiger partial charge in [-0.15, -0.1) is 0 Å². The molecule has 0 amide bonds. The fourth-order valence-corrected chi connectivity index (χ4v) is 0.256. The molecule has 0 rings (SSSR count). The SMILES string of the molecule is NCCOCC(F)F. The lowest BCUT2D eigenvalue weighted by Crippen LogP contribution is -2.12. The summed E-state index contributed by atoms with van der Waals surface area (Å²) in [6, 6.07) is 0. The number of hydrogen-bond donors (Lipinski definition) is 1. The predicted molar refractivity (Wildman–Crippen MR) is 25.9 cm³/mol. The first kappa shape index (κ1) is 7.78. The zero-order valence-corrected chi connectivity index (χ0v) is 4.44. The lowest BCUT2D eigenvalue weighted by atomic mass is 10.7. The van der Waals surface area contributed by atoms with Gasteiger partial charge in [-0.2, -0.15) is 0 Å². The van der Waals surface area contributed by atoms with Gasteiger partial charge in [-0.05, 0) is 0 Å². The largest absolute Gasteiger partial charge is 0.374 e. The van der Waals surface area contributed by atoms with E-state index in [9.17, 15) is 8.78 Å². The zero-order chi connectivity index (χ0) is 6.41. The first-order valence-electron chi connectivity index (χ1n) is 2.33. The Morgan fingerprint density at radius 2 is 2.12 bits per heavy atom. The first-order chi connectivity index (χ1) is 3.77. The molecule has 0 aromatic carbocycles. The molecule has 0 spiro atoms. The number of ether oxygens (including phenoxy) is 1. The Kier molecular flexibility index (Phi) is 4.79. The quantitative estimate of drug-likeness (QED) is 0.546. The molecule has 0 radical (unpaired) electrons. The molecule has 0 saturated heterocycles. The fourth-order valence-electron chi connectivity index (χ4n) is 0.256. The van der Waals surface area contributed by atoms with Crippen molar-refractivity contribution < 1.29 is 13.5 Å². The summed E-state index contributed by atoms with van der Waals surface area (Å²) in [5.74, 6) is 0. The second-order valence-electron chi connectivity index (χ2n) is 1.25. The molecule has 50 valence electrons. The van der Waals surface area contributed by atoms with E-state index < -0.39 is 13.0 Å². The molecule has 0 aromatic heterocycles. The van der Waals surface area contributed by atoms with Crippen LogP contribution in [0.25, 0.3) is 0 Å². The number of hydrogen-bond acceptors (Lipinski definition) is 2. The van der Waals surface area contributed by atoms with Crippen LogP contribution in [0, 0.1) is 0 Å². The van der Waals surface area contributed by atoms with Gasteiger partial charge in [0.2, 0.25) is 0 Å². The number of rotatable bonds is 4. The van der Waals surface area contributed by atoms with Gasteiger partial charge in [-0.1, -0.05) is 0 Å². The molecule has 2 N–H and O–H groups in total. The van der Waals surface area contributed by atoms with Gasteiger partial charge >= 0.3 is 0 Å². The third-order valence-corrected chi connectivity index (χ3v) is 0.506. The summed E-state index contributed by atoms with van der Waals surface area (Å²) in [5.41, 5.74) is 4.94.